The first-order chi connectivity index (χ1) is 11.8. The molecule has 0 amide bonds. The molecule has 1 atom stereocenters. The second-order valence-electron chi connectivity index (χ2n) is 5.88. The van der Waals surface area contributed by atoms with Crippen LogP contribution in [0.15, 0.2) is 66.9 Å². The minimum absolute atomic E-state index is 0.326. The van der Waals surface area contributed by atoms with Crippen molar-refractivity contribution in [3.8, 4) is 0 Å². The van der Waals surface area contributed by atoms with Gasteiger partial charge < -0.3 is 10.2 Å². The maximum absolute atomic E-state index is 4.68. The lowest BCUT2D eigenvalue weighted by Crippen LogP contribution is -2.21. The highest BCUT2D eigenvalue weighted by molar-refractivity contribution is 7.15. The Labute approximate surface area is 148 Å². The van der Waals surface area contributed by atoms with Crippen molar-refractivity contribution in [2.45, 2.75) is 26.1 Å². The summed E-state index contributed by atoms with van der Waals surface area (Å²) in [5, 5.41) is 4.35. The number of aromatic nitrogens is 1. The summed E-state index contributed by atoms with van der Waals surface area (Å²) < 4.78 is 0. The fourth-order valence-electron chi connectivity index (χ4n) is 2.56. The zero-order chi connectivity index (χ0) is 16.8. The lowest BCUT2D eigenvalue weighted by Gasteiger charge is -2.22. The average Bonchev–Trinajstić information content (AvgIpc) is 3.12. The molecule has 4 heteroatoms. The highest BCUT2D eigenvalue weighted by Gasteiger charge is 2.15. The van der Waals surface area contributed by atoms with E-state index in [0.29, 0.717) is 6.04 Å². The molecule has 1 aromatic heterocycles. The molecule has 3 nitrogen and oxygen atoms in total. The van der Waals surface area contributed by atoms with E-state index >= 15 is 0 Å². The van der Waals surface area contributed by atoms with Gasteiger partial charge in [-0.05, 0) is 25.1 Å². The van der Waals surface area contributed by atoms with Crippen LogP contribution in [0.4, 0.5) is 5.13 Å². The van der Waals surface area contributed by atoms with Crippen LogP contribution in [0.25, 0.3) is 0 Å². The molecule has 1 N–H and O–H groups in total. The molecule has 2 aromatic carbocycles. The fourth-order valence-corrected chi connectivity index (χ4v) is 3.54. The SMILES string of the molecule is CNC(C)c1cnc(N(Cc2ccccc2)Cc2ccccc2)s1. The number of nitrogens with one attached hydrogen (secondary N) is 1. The van der Waals surface area contributed by atoms with Crippen LogP contribution in [-0.4, -0.2) is 12.0 Å². The lowest BCUT2D eigenvalue weighted by atomic mass is 10.2. The Kier molecular flexibility index (Phi) is 5.62. The van der Waals surface area contributed by atoms with Gasteiger partial charge in [0.2, 0.25) is 0 Å². The minimum Gasteiger partial charge on any atom is -0.339 e. The standard InChI is InChI=1S/C20H23N3S/c1-16(21-2)19-13-22-20(24-19)23(14-17-9-5-3-6-10-17)15-18-11-7-4-8-12-18/h3-13,16,21H,14-15H2,1-2H3. The van der Waals surface area contributed by atoms with E-state index in [4.69, 9.17) is 0 Å². The van der Waals surface area contributed by atoms with Crippen LogP contribution in [0.1, 0.15) is 29.0 Å². The highest BCUT2D eigenvalue weighted by Crippen LogP contribution is 2.29. The van der Waals surface area contributed by atoms with Crippen LogP contribution in [0.3, 0.4) is 0 Å². The molecule has 3 rings (SSSR count). The Bertz CT molecular complexity index is 698. The molecule has 24 heavy (non-hydrogen) atoms. The van der Waals surface area contributed by atoms with Crippen LogP contribution < -0.4 is 10.2 Å². The molecule has 0 aliphatic carbocycles. The Morgan fingerprint density at radius 3 is 2.00 bits per heavy atom. The first kappa shape index (κ1) is 16.7. The minimum atomic E-state index is 0.326. The first-order valence-electron chi connectivity index (χ1n) is 8.22. The summed E-state index contributed by atoms with van der Waals surface area (Å²) in [5.74, 6) is 0. The largest absolute Gasteiger partial charge is 0.339 e. The highest BCUT2D eigenvalue weighted by atomic mass is 32.1. The molecular formula is C20H23N3S. The van der Waals surface area contributed by atoms with E-state index in [0.717, 1.165) is 18.2 Å². The third-order valence-corrected chi connectivity index (χ3v) is 5.32. The summed E-state index contributed by atoms with van der Waals surface area (Å²) in [6.07, 6.45) is 1.99. The molecule has 1 unspecified atom stereocenters. The van der Waals surface area contributed by atoms with Gasteiger partial charge in [-0.25, -0.2) is 4.98 Å². The molecule has 124 valence electrons. The number of thiazole rings is 1. The van der Waals surface area contributed by atoms with Crippen LogP contribution in [0.2, 0.25) is 0 Å². The Balaban J connectivity index is 1.85. The predicted molar refractivity (Wildman–Crippen MR) is 102 cm³/mol. The summed E-state index contributed by atoms with van der Waals surface area (Å²) >= 11 is 1.76. The molecule has 0 saturated heterocycles. The van der Waals surface area contributed by atoms with Crippen molar-refractivity contribution in [3.05, 3.63) is 82.9 Å². The van der Waals surface area contributed by atoms with Gasteiger partial charge in [0, 0.05) is 30.2 Å². The maximum atomic E-state index is 4.68. The molecule has 0 radical (unpaired) electrons. The molecule has 3 aromatic rings. The summed E-state index contributed by atoms with van der Waals surface area (Å²) in [4.78, 5) is 8.29. The number of hydrogen-bond acceptors (Lipinski definition) is 4. The summed E-state index contributed by atoms with van der Waals surface area (Å²) in [7, 11) is 1.98. The number of hydrogen-bond donors (Lipinski definition) is 1. The molecule has 0 saturated carbocycles. The molecule has 0 bridgehead atoms. The number of rotatable bonds is 7. The smallest absolute Gasteiger partial charge is 0.186 e. The number of anilines is 1. The van der Waals surface area contributed by atoms with E-state index in [-0.39, 0.29) is 0 Å². The quantitative estimate of drug-likeness (QED) is 0.681. The van der Waals surface area contributed by atoms with Crippen molar-refractivity contribution in [1.82, 2.24) is 10.3 Å². The molecule has 0 aliphatic heterocycles. The van der Waals surface area contributed by atoms with Gasteiger partial charge in [0.25, 0.3) is 0 Å². The third kappa shape index (κ3) is 4.22. The van der Waals surface area contributed by atoms with Crippen molar-refractivity contribution < 1.29 is 0 Å². The molecular weight excluding hydrogens is 314 g/mol. The van der Waals surface area contributed by atoms with Gasteiger partial charge >= 0.3 is 0 Å². The van der Waals surface area contributed by atoms with E-state index in [1.807, 2.05) is 13.2 Å². The first-order valence-corrected chi connectivity index (χ1v) is 9.03. The Hall–Kier alpha value is -2.17. The normalized spacial score (nSPS) is 12.1. The van der Waals surface area contributed by atoms with Gasteiger partial charge in [0.05, 0.1) is 0 Å². The van der Waals surface area contributed by atoms with Gasteiger partial charge in [0.1, 0.15) is 0 Å². The topological polar surface area (TPSA) is 28.2 Å². The second-order valence-corrected chi connectivity index (χ2v) is 6.92. The third-order valence-electron chi connectivity index (χ3n) is 4.07. The lowest BCUT2D eigenvalue weighted by molar-refractivity contribution is 0.662. The van der Waals surface area contributed by atoms with Crippen molar-refractivity contribution in [3.63, 3.8) is 0 Å². The van der Waals surface area contributed by atoms with Gasteiger partial charge in [-0.15, -0.1) is 11.3 Å². The van der Waals surface area contributed by atoms with Gasteiger partial charge in [-0.2, -0.15) is 0 Å². The Morgan fingerprint density at radius 1 is 0.958 bits per heavy atom. The van der Waals surface area contributed by atoms with Crippen LogP contribution in [0, 0.1) is 0 Å². The fraction of sp³-hybridized carbons (Fsp3) is 0.250. The van der Waals surface area contributed by atoms with E-state index in [1.165, 1.54) is 16.0 Å². The van der Waals surface area contributed by atoms with Crippen LogP contribution in [0.5, 0.6) is 0 Å². The molecule has 0 spiro atoms. The van der Waals surface area contributed by atoms with Crippen molar-refractivity contribution >= 4 is 16.5 Å². The second kappa shape index (κ2) is 8.08. The van der Waals surface area contributed by atoms with E-state index < -0.39 is 0 Å². The summed E-state index contributed by atoms with van der Waals surface area (Å²) in [5.41, 5.74) is 2.60. The van der Waals surface area contributed by atoms with Crippen molar-refractivity contribution in [2.75, 3.05) is 11.9 Å². The van der Waals surface area contributed by atoms with Crippen LogP contribution >= 0.6 is 11.3 Å². The monoisotopic (exact) mass is 337 g/mol. The van der Waals surface area contributed by atoms with Gasteiger partial charge in [0.15, 0.2) is 5.13 Å². The number of benzene rings is 2. The van der Waals surface area contributed by atoms with Crippen LogP contribution in [-0.2, 0) is 13.1 Å². The number of nitrogens with zero attached hydrogens (tertiary/aromatic N) is 2. The average molecular weight is 337 g/mol. The van der Waals surface area contributed by atoms with Gasteiger partial charge in [-0.3, -0.25) is 0 Å². The van der Waals surface area contributed by atoms with E-state index in [2.05, 4.69) is 82.8 Å². The van der Waals surface area contributed by atoms with Crippen molar-refractivity contribution in [1.29, 1.82) is 0 Å². The summed E-state index contributed by atoms with van der Waals surface area (Å²) in [6, 6.07) is 21.5. The molecule has 1 heterocycles. The molecule has 0 fully saturated rings. The van der Waals surface area contributed by atoms with E-state index in [9.17, 15) is 0 Å². The van der Waals surface area contributed by atoms with Gasteiger partial charge in [-0.1, -0.05) is 60.7 Å². The summed E-state index contributed by atoms with van der Waals surface area (Å²) in [6.45, 7) is 3.88. The zero-order valence-corrected chi connectivity index (χ0v) is 15.0. The molecule has 0 aliphatic rings. The Morgan fingerprint density at radius 2 is 1.50 bits per heavy atom. The zero-order valence-electron chi connectivity index (χ0n) is 14.1. The predicted octanol–water partition coefficient (Wildman–Crippen LogP) is 4.63. The van der Waals surface area contributed by atoms with Crippen molar-refractivity contribution in [2.24, 2.45) is 0 Å². The maximum Gasteiger partial charge on any atom is 0.186 e. The van der Waals surface area contributed by atoms with E-state index in [1.54, 1.807) is 11.3 Å².